The Balaban J connectivity index is 2.96. The molecule has 0 aliphatic rings. The molecule has 1 atom stereocenters. The molecule has 17 heavy (non-hydrogen) atoms. The number of aromatic nitrogens is 1. The Kier molecular flexibility index (Phi) is 4.86. The van der Waals surface area contributed by atoms with Crippen LogP contribution in [0, 0.1) is 5.41 Å². The van der Waals surface area contributed by atoms with E-state index in [0.717, 1.165) is 11.3 Å². The van der Waals surface area contributed by atoms with Crippen LogP contribution in [0.25, 0.3) is 0 Å². The Morgan fingerprint density at radius 1 is 1.35 bits per heavy atom. The zero-order valence-corrected chi connectivity index (χ0v) is 12.6. The lowest BCUT2D eigenvalue weighted by Gasteiger charge is -2.32. The molecule has 0 saturated carbocycles. The van der Waals surface area contributed by atoms with Gasteiger partial charge in [-0.2, -0.15) is 0 Å². The lowest BCUT2D eigenvalue weighted by atomic mass is 9.87. The molecule has 1 aromatic rings. The van der Waals surface area contributed by atoms with E-state index in [2.05, 4.69) is 38.8 Å². The van der Waals surface area contributed by atoms with Gasteiger partial charge in [0.05, 0.1) is 18.4 Å². The second-order valence-electron chi connectivity index (χ2n) is 5.68. The molecule has 1 unspecified atom stereocenters. The number of pyridine rings is 1. The Labute approximate surface area is 106 Å². The van der Waals surface area contributed by atoms with Gasteiger partial charge in [-0.15, -0.1) is 0 Å². The first kappa shape index (κ1) is 14.3. The first-order chi connectivity index (χ1) is 7.84. The molecule has 1 rings (SSSR count). The number of hydrogen-bond acceptors (Lipinski definition) is 3. The number of aliphatic hydroxyl groups excluding tert-OH is 1. The van der Waals surface area contributed by atoms with E-state index in [1.54, 1.807) is 6.20 Å². The molecule has 0 spiro atoms. The van der Waals surface area contributed by atoms with Crippen LogP contribution in [0.3, 0.4) is 0 Å². The molecule has 4 heteroatoms. The third-order valence-corrected chi connectivity index (χ3v) is 3.31. The second kappa shape index (κ2) is 5.75. The molecule has 1 heterocycles. The van der Waals surface area contributed by atoms with E-state index in [9.17, 15) is 0 Å². The number of hydrogen-bond donors (Lipinski definition) is 1. The molecule has 0 aromatic carbocycles. The number of aliphatic hydroxyl groups is 1. The summed E-state index contributed by atoms with van der Waals surface area (Å²) in [5, 5.41) is 9.01. The second-order valence-corrected chi connectivity index (χ2v) is 8.05. The first-order valence-electron chi connectivity index (χ1n) is 6.05. The lowest BCUT2D eigenvalue weighted by molar-refractivity contribution is 0.0826. The Hall–Kier alpha value is -0.713. The summed E-state index contributed by atoms with van der Waals surface area (Å²) in [5.74, 6) is 0. The molecule has 0 amide bonds. The minimum Gasteiger partial charge on any atom is -0.412 e. The van der Waals surface area contributed by atoms with Crippen LogP contribution in [0.5, 0.6) is 0 Å². The topological polar surface area (TPSA) is 42.4 Å². The van der Waals surface area contributed by atoms with Crippen molar-refractivity contribution in [3.63, 3.8) is 0 Å². The van der Waals surface area contributed by atoms with E-state index < -0.39 is 9.04 Å². The van der Waals surface area contributed by atoms with Crippen LogP contribution in [-0.4, -0.2) is 19.1 Å². The van der Waals surface area contributed by atoms with E-state index in [1.165, 1.54) is 0 Å². The first-order valence-corrected chi connectivity index (χ1v) is 8.84. The molecule has 0 bridgehead atoms. The molecule has 1 aromatic heterocycles. The van der Waals surface area contributed by atoms with E-state index in [0.29, 0.717) is 0 Å². The zero-order valence-electron chi connectivity index (χ0n) is 11.4. The highest BCUT2D eigenvalue weighted by Gasteiger charge is 2.28. The fourth-order valence-corrected chi connectivity index (χ4v) is 2.77. The van der Waals surface area contributed by atoms with Gasteiger partial charge in [-0.1, -0.05) is 26.8 Å². The van der Waals surface area contributed by atoms with Gasteiger partial charge in [-0.25, -0.2) is 0 Å². The van der Waals surface area contributed by atoms with Crippen LogP contribution < -0.4 is 0 Å². The van der Waals surface area contributed by atoms with Gasteiger partial charge in [0.25, 0.3) is 0 Å². The minimum absolute atomic E-state index is 0.0295. The molecule has 96 valence electrons. The van der Waals surface area contributed by atoms with E-state index >= 15 is 0 Å². The van der Waals surface area contributed by atoms with Crippen molar-refractivity contribution in [2.45, 2.75) is 46.6 Å². The molecule has 0 aliphatic heterocycles. The van der Waals surface area contributed by atoms with E-state index in [-0.39, 0.29) is 18.1 Å². The molecule has 0 radical (unpaired) electrons. The van der Waals surface area contributed by atoms with Gasteiger partial charge in [-0.05, 0) is 30.1 Å². The van der Waals surface area contributed by atoms with Crippen molar-refractivity contribution >= 4 is 9.04 Å². The van der Waals surface area contributed by atoms with Crippen LogP contribution in [0.15, 0.2) is 18.3 Å². The SMILES string of the molecule is C[SiH](C)OC(c1ccc(CO)cn1)C(C)(C)C. The summed E-state index contributed by atoms with van der Waals surface area (Å²) in [7, 11) is -1.11. The number of nitrogens with zero attached hydrogens (tertiary/aromatic N) is 1. The predicted molar refractivity (Wildman–Crippen MR) is 72.3 cm³/mol. The van der Waals surface area contributed by atoms with Crippen LogP contribution >= 0.6 is 0 Å². The maximum atomic E-state index is 9.01. The average molecular weight is 253 g/mol. The van der Waals surface area contributed by atoms with Crippen molar-refractivity contribution < 1.29 is 9.53 Å². The average Bonchev–Trinajstić information content (AvgIpc) is 2.24. The van der Waals surface area contributed by atoms with E-state index in [1.807, 2.05) is 12.1 Å². The highest BCUT2D eigenvalue weighted by Crippen LogP contribution is 2.35. The van der Waals surface area contributed by atoms with Crippen LogP contribution in [0.2, 0.25) is 13.1 Å². The van der Waals surface area contributed by atoms with Crippen molar-refractivity contribution in [1.82, 2.24) is 4.98 Å². The molecular weight excluding hydrogens is 230 g/mol. The summed E-state index contributed by atoms with van der Waals surface area (Å²) in [4.78, 5) is 4.41. The van der Waals surface area contributed by atoms with Crippen LogP contribution in [-0.2, 0) is 11.0 Å². The summed E-state index contributed by atoms with van der Waals surface area (Å²) in [5.41, 5.74) is 1.82. The zero-order chi connectivity index (χ0) is 13.1. The van der Waals surface area contributed by atoms with Crippen LogP contribution in [0.1, 0.15) is 38.1 Å². The normalized spacial score (nSPS) is 14.1. The summed E-state index contributed by atoms with van der Waals surface area (Å²) >= 11 is 0. The Bertz CT molecular complexity index is 343. The molecule has 0 saturated heterocycles. The van der Waals surface area contributed by atoms with Crippen molar-refractivity contribution in [3.05, 3.63) is 29.6 Å². The molecular formula is C13H23NO2Si. The molecule has 0 fully saturated rings. The third-order valence-electron chi connectivity index (χ3n) is 2.49. The fourth-order valence-electron chi connectivity index (χ4n) is 1.67. The van der Waals surface area contributed by atoms with Crippen molar-refractivity contribution in [3.8, 4) is 0 Å². The largest absolute Gasteiger partial charge is 0.412 e. The molecule has 0 aliphatic carbocycles. The third kappa shape index (κ3) is 4.22. The monoisotopic (exact) mass is 253 g/mol. The van der Waals surface area contributed by atoms with Crippen molar-refractivity contribution in [2.75, 3.05) is 0 Å². The Morgan fingerprint density at radius 2 is 2.00 bits per heavy atom. The van der Waals surface area contributed by atoms with Gasteiger partial charge >= 0.3 is 0 Å². The highest BCUT2D eigenvalue weighted by atomic mass is 28.3. The maximum Gasteiger partial charge on any atom is 0.171 e. The lowest BCUT2D eigenvalue weighted by Crippen LogP contribution is -2.26. The van der Waals surface area contributed by atoms with Gasteiger partial charge in [0, 0.05) is 6.20 Å². The Morgan fingerprint density at radius 3 is 2.35 bits per heavy atom. The number of rotatable bonds is 4. The minimum atomic E-state index is -1.11. The highest BCUT2D eigenvalue weighted by molar-refractivity contribution is 6.48. The van der Waals surface area contributed by atoms with Gasteiger partial charge in [-0.3, -0.25) is 4.98 Å². The quantitative estimate of drug-likeness (QED) is 0.839. The van der Waals surface area contributed by atoms with Gasteiger partial charge in [0.15, 0.2) is 9.04 Å². The molecule has 1 N–H and O–H groups in total. The summed E-state index contributed by atoms with van der Waals surface area (Å²) in [6.07, 6.45) is 1.75. The van der Waals surface area contributed by atoms with E-state index in [4.69, 9.17) is 9.53 Å². The standard InChI is InChI=1S/C13H23NO2Si/c1-13(2,3)12(16-17(4)5)11-7-6-10(9-15)8-14-11/h6-8,12,15,17H,9H2,1-5H3. The summed E-state index contributed by atoms with van der Waals surface area (Å²) in [6, 6.07) is 3.87. The fraction of sp³-hybridized carbons (Fsp3) is 0.615. The van der Waals surface area contributed by atoms with Crippen molar-refractivity contribution in [2.24, 2.45) is 5.41 Å². The summed E-state index contributed by atoms with van der Waals surface area (Å²) in [6.45, 7) is 10.9. The van der Waals surface area contributed by atoms with Gasteiger partial charge in [0.1, 0.15) is 0 Å². The smallest absolute Gasteiger partial charge is 0.171 e. The van der Waals surface area contributed by atoms with Gasteiger partial charge in [0.2, 0.25) is 0 Å². The van der Waals surface area contributed by atoms with Crippen molar-refractivity contribution in [1.29, 1.82) is 0 Å². The van der Waals surface area contributed by atoms with Gasteiger partial charge < -0.3 is 9.53 Å². The summed E-state index contributed by atoms with van der Waals surface area (Å²) < 4.78 is 6.09. The van der Waals surface area contributed by atoms with Crippen LogP contribution in [0.4, 0.5) is 0 Å². The maximum absolute atomic E-state index is 9.01. The molecule has 3 nitrogen and oxygen atoms in total. The predicted octanol–water partition coefficient (Wildman–Crippen LogP) is 2.66.